The highest BCUT2D eigenvalue weighted by molar-refractivity contribution is 5.92. The third kappa shape index (κ3) is 4.42. The van der Waals surface area contributed by atoms with Gasteiger partial charge in [-0.3, -0.25) is 4.79 Å². The highest BCUT2D eigenvalue weighted by Crippen LogP contribution is 2.19. The molecule has 7 nitrogen and oxygen atoms in total. The van der Waals surface area contributed by atoms with Crippen LogP contribution in [0.4, 0.5) is 0 Å². The molecule has 2 aromatic heterocycles. The zero-order valence-corrected chi connectivity index (χ0v) is 16.2. The van der Waals surface area contributed by atoms with E-state index >= 15 is 0 Å². The quantitative estimate of drug-likeness (QED) is 0.752. The molecule has 0 spiro atoms. The number of aromatic nitrogens is 1. The average Bonchev–Trinajstić information content (AvgIpc) is 3.22. The van der Waals surface area contributed by atoms with Crippen LogP contribution in [0, 0.1) is 13.8 Å². The summed E-state index contributed by atoms with van der Waals surface area (Å²) in [6.07, 6.45) is 1.58. The number of ether oxygens (including phenoxy) is 2. The Morgan fingerprint density at radius 2 is 1.93 bits per heavy atom. The van der Waals surface area contributed by atoms with Crippen LogP contribution >= 0.6 is 0 Å². The Morgan fingerprint density at radius 3 is 2.56 bits per heavy atom. The molecular weight excluding hydrogens is 348 g/mol. The molecule has 27 heavy (non-hydrogen) atoms. The SMILES string of the molecule is Cc1cc(C(=O)OCC(=O)N2C[C@@H](C)O[C@H](C)C2)c(C)n1Cc1ccco1. The van der Waals surface area contributed by atoms with Crippen LogP contribution in [-0.2, 0) is 20.8 Å². The largest absolute Gasteiger partial charge is 0.467 e. The highest BCUT2D eigenvalue weighted by atomic mass is 16.5. The van der Waals surface area contributed by atoms with Crippen molar-refractivity contribution in [3.05, 3.63) is 47.2 Å². The smallest absolute Gasteiger partial charge is 0.340 e. The Kier molecular flexibility index (Phi) is 5.70. The van der Waals surface area contributed by atoms with Gasteiger partial charge in [0, 0.05) is 24.5 Å². The topological polar surface area (TPSA) is 73.9 Å². The van der Waals surface area contributed by atoms with E-state index in [1.807, 2.05) is 44.4 Å². The molecule has 0 aromatic carbocycles. The zero-order chi connectivity index (χ0) is 19.6. The summed E-state index contributed by atoms with van der Waals surface area (Å²) >= 11 is 0. The number of morpholine rings is 1. The van der Waals surface area contributed by atoms with E-state index in [-0.39, 0.29) is 24.7 Å². The number of hydrogen-bond donors (Lipinski definition) is 0. The summed E-state index contributed by atoms with van der Waals surface area (Å²) in [5.74, 6) is 0.119. The van der Waals surface area contributed by atoms with Gasteiger partial charge >= 0.3 is 5.97 Å². The molecule has 0 radical (unpaired) electrons. The fraction of sp³-hybridized carbons (Fsp3) is 0.500. The second kappa shape index (κ2) is 8.00. The lowest BCUT2D eigenvalue weighted by molar-refractivity contribution is -0.146. The molecule has 3 rings (SSSR count). The second-order valence-electron chi connectivity index (χ2n) is 7.08. The molecule has 0 N–H and O–H groups in total. The molecule has 1 fully saturated rings. The molecule has 0 unspecified atom stereocenters. The number of nitrogens with zero attached hydrogens (tertiary/aromatic N) is 2. The van der Waals surface area contributed by atoms with Crippen molar-refractivity contribution in [2.75, 3.05) is 19.7 Å². The van der Waals surface area contributed by atoms with Crippen LogP contribution in [-0.4, -0.2) is 53.2 Å². The van der Waals surface area contributed by atoms with E-state index in [0.29, 0.717) is 25.2 Å². The molecule has 1 saturated heterocycles. The van der Waals surface area contributed by atoms with E-state index in [2.05, 4.69) is 0 Å². The molecule has 0 saturated carbocycles. The average molecular weight is 374 g/mol. The van der Waals surface area contributed by atoms with Gasteiger partial charge in [-0.1, -0.05) is 0 Å². The number of amides is 1. The van der Waals surface area contributed by atoms with Crippen LogP contribution in [0.1, 0.15) is 41.4 Å². The van der Waals surface area contributed by atoms with Crippen molar-refractivity contribution in [1.82, 2.24) is 9.47 Å². The van der Waals surface area contributed by atoms with Gasteiger partial charge in [-0.2, -0.15) is 0 Å². The number of hydrogen-bond acceptors (Lipinski definition) is 5. The van der Waals surface area contributed by atoms with Crippen LogP contribution in [0.15, 0.2) is 28.9 Å². The number of carbonyl (C=O) groups is 2. The standard InChI is InChI=1S/C20H26N2O5/c1-13-8-18(16(4)22(13)11-17-6-5-7-25-17)20(24)26-12-19(23)21-9-14(2)27-15(3)10-21/h5-8,14-15H,9-12H2,1-4H3/t14-,15-/m1/s1. The van der Waals surface area contributed by atoms with E-state index in [0.717, 1.165) is 17.1 Å². The van der Waals surface area contributed by atoms with Crippen molar-refractivity contribution >= 4 is 11.9 Å². The number of rotatable bonds is 5. The highest BCUT2D eigenvalue weighted by Gasteiger charge is 2.27. The number of aryl methyl sites for hydroxylation is 1. The maximum atomic E-state index is 12.5. The van der Waals surface area contributed by atoms with Crippen LogP contribution < -0.4 is 0 Å². The predicted molar refractivity (Wildman–Crippen MR) is 98.6 cm³/mol. The van der Waals surface area contributed by atoms with Crippen molar-refractivity contribution in [3.63, 3.8) is 0 Å². The molecule has 0 aliphatic carbocycles. The van der Waals surface area contributed by atoms with Gasteiger partial charge in [-0.25, -0.2) is 4.79 Å². The third-order valence-electron chi connectivity index (χ3n) is 4.79. The van der Waals surface area contributed by atoms with Gasteiger partial charge in [0.25, 0.3) is 5.91 Å². The summed E-state index contributed by atoms with van der Waals surface area (Å²) < 4.78 is 18.3. The lowest BCUT2D eigenvalue weighted by Crippen LogP contribution is -2.49. The minimum absolute atomic E-state index is 0.0195. The van der Waals surface area contributed by atoms with Crippen molar-refractivity contribution in [1.29, 1.82) is 0 Å². The molecule has 0 bridgehead atoms. The molecule has 2 atom stereocenters. The maximum absolute atomic E-state index is 12.5. The molecule has 2 aromatic rings. The first-order valence-corrected chi connectivity index (χ1v) is 9.14. The number of esters is 1. The fourth-order valence-electron chi connectivity index (χ4n) is 3.49. The van der Waals surface area contributed by atoms with Crippen molar-refractivity contribution in [2.45, 2.75) is 46.4 Å². The Labute approximate surface area is 158 Å². The summed E-state index contributed by atoms with van der Waals surface area (Å²) in [7, 11) is 0. The Bertz CT molecular complexity index is 799. The van der Waals surface area contributed by atoms with Gasteiger partial charge < -0.3 is 23.4 Å². The zero-order valence-electron chi connectivity index (χ0n) is 16.2. The first-order valence-electron chi connectivity index (χ1n) is 9.14. The van der Waals surface area contributed by atoms with E-state index in [1.165, 1.54) is 0 Å². The van der Waals surface area contributed by atoms with E-state index < -0.39 is 5.97 Å². The van der Waals surface area contributed by atoms with Gasteiger partial charge in [-0.05, 0) is 45.9 Å². The normalized spacial score (nSPS) is 19.9. The summed E-state index contributed by atoms with van der Waals surface area (Å²) in [5, 5.41) is 0. The second-order valence-corrected chi connectivity index (χ2v) is 7.08. The minimum Gasteiger partial charge on any atom is -0.467 e. The fourth-order valence-corrected chi connectivity index (χ4v) is 3.49. The van der Waals surface area contributed by atoms with Crippen LogP contribution in [0.3, 0.4) is 0 Å². The summed E-state index contributed by atoms with van der Waals surface area (Å²) in [6.45, 7) is 8.94. The van der Waals surface area contributed by atoms with Crippen LogP contribution in [0.5, 0.6) is 0 Å². The van der Waals surface area contributed by atoms with Crippen molar-refractivity contribution in [3.8, 4) is 0 Å². The number of carbonyl (C=O) groups excluding carboxylic acids is 2. The Balaban J connectivity index is 1.62. The van der Waals surface area contributed by atoms with Crippen LogP contribution in [0.25, 0.3) is 0 Å². The molecule has 1 aliphatic rings. The molecule has 146 valence electrons. The predicted octanol–water partition coefficient (Wildman–Crippen LogP) is 2.54. The third-order valence-corrected chi connectivity index (χ3v) is 4.79. The lowest BCUT2D eigenvalue weighted by Gasteiger charge is -2.35. The van der Waals surface area contributed by atoms with Gasteiger partial charge in [0.15, 0.2) is 6.61 Å². The minimum atomic E-state index is -0.489. The first-order chi connectivity index (χ1) is 12.8. The molecule has 3 heterocycles. The Hall–Kier alpha value is -2.54. The van der Waals surface area contributed by atoms with E-state index in [4.69, 9.17) is 13.9 Å². The molecule has 7 heteroatoms. The van der Waals surface area contributed by atoms with Gasteiger partial charge in [-0.15, -0.1) is 0 Å². The molecular formula is C20H26N2O5. The number of furan rings is 1. The monoisotopic (exact) mass is 374 g/mol. The summed E-state index contributed by atoms with van der Waals surface area (Å²) in [6, 6.07) is 5.50. The maximum Gasteiger partial charge on any atom is 0.340 e. The van der Waals surface area contributed by atoms with Crippen molar-refractivity contribution < 1.29 is 23.5 Å². The first kappa shape index (κ1) is 19.2. The lowest BCUT2D eigenvalue weighted by atomic mass is 10.2. The van der Waals surface area contributed by atoms with Gasteiger partial charge in [0.1, 0.15) is 5.76 Å². The summed E-state index contributed by atoms with van der Waals surface area (Å²) in [5.41, 5.74) is 2.18. The van der Waals surface area contributed by atoms with Crippen LogP contribution in [0.2, 0.25) is 0 Å². The van der Waals surface area contributed by atoms with E-state index in [9.17, 15) is 9.59 Å². The van der Waals surface area contributed by atoms with E-state index in [1.54, 1.807) is 17.2 Å². The Morgan fingerprint density at radius 1 is 1.22 bits per heavy atom. The van der Waals surface area contributed by atoms with Gasteiger partial charge in [0.2, 0.25) is 0 Å². The van der Waals surface area contributed by atoms with Gasteiger partial charge in [0.05, 0.1) is 30.6 Å². The molecule has 1 aliphatic heterocycles. The summed E-state index contributed by atoms with van der Waals surface area (Å²) in [4.78, 5) is 26.6. The van der Waals surface area contributed by atoms with Crippen molar-refractivity contribution in [2.24, 2.45) is 0 Å². The molecule has 1 amide bonds.